The molecule has 1 heterocycles. The second kappa shape index (κ2) is 8.00. The highest BCUT2D eigenvalue weighted by atomic mass is 16.5. The molecular weight excluding hydrogens is 326 g/mol. The molecule has 0 saturated carbocycles. The van der Waals surface area contributed by atoms with Crippen molar-refractivity contribution in [2.24, 2.45) is 0 Å². The number of nitrogens with one attached hydrogen (secondary N) is 1. The van der Waals surface area contributed by atoms with Crippen LogP contribution in [0.25, 0.3) is 0 Å². The number of rotatable bonds is 6. The zero-order valence-electron chi connectivity index (χ0n) is 16.4. The zero-order chi connectivity index (χ0) is 18.7. The Kier molecular flexibility index (Phi) is 5.72. The average Bonchev–Trinajstić information content (AvgIpc) is 2.64. The maximum atomic E-state index is 5.86. The summed E-state index contributed by atoms with van der Waals surface area (Å²) in [6.45, 7) is 10.4. The zero-order valence-corrected chi connectivity index (χ0v) is 16.4. The molecule has 0 fully saturated rings. The van der Waals surface area contributed by atoms with Crippen LogP contribution in [0.2, 0.25) is 0 Å². The van der Waals surface area contributed by atoms with Crippen LogP contribution in [0.1, 0.15) is 47.7 Å². The van der Waals surface area contributed by atoms with Gasteiger partial charge < -0.3 is 19.5 Å². The fourth-order valence-corrected chi connectivity index (χ4v) is 3.72. The minimum Gasteiger partial charge on any atom is -0.496 e. The lowest BCUT2D eigenvalue weighted by Gasteiger charge is -2.30. The van der Waals surface area contributed by atoms with Crippen molar-refractivity contribution in [1.82, 2.24) is 5.32 Å². The van der Waals surface area contributed by atoms with E-state index in [0.717, 1.165) is 35.8 Å². The molecule has 1 aliphatic rings. The van der Waals surface area contributed by atoms with Crippen LogP contribution in [0, 0.1) is 13.8 Å². The molecule has 1 aliphatic heterocycles. The van der Waals surface area contributed by atoms with Gasteiger partial charge in [-0.05, 0) is 80.1 Å². The predicted molar refractivity (Wildman–Crippen MR) is 105 cm³/mol. The van der Waals surface area contributed by atoms with Crippen LogP contribution in [0.3, 0.4) is 0 Å². The first-order valence-electron chi connectivity index (χ1n) is 9.39. The summed E-state index contributed by atoms with van der Waals surface area (Å²) in [7, 11) is 1.72. The van der Waals surface area contributed by atoms with Gasteiger partial charge in [-0.2, -0.15) is 0 Å². The van der Waals surface area contributed by atoms with Gasteiger partial charge in [-0.25, -0.2) is 0 Å². The van der Waals surface area contributed by atoms with Crippen LogP contribution >= 0.6 is 0 Å². The van der Waals surface area contributed by atoms with Crippen LogP contribution in [0.4, 0.5) is 0 Å². The third-order valence-electron chi connectivity index (χ3n) is 4.95. The molecule has 4 heteroatoms. The summed E-state index contributed by atoms with van der Waals surface area (Å²) in [5.74, 6) is 2.60. The molecule has 0 aromatic heterocycles. The Morgan fingerprint density at radius 2 is 1.58 bits per heavy atom. The van der Waals surface area contributed by atoms with Gasteiger partial charge in [-0.3, -0.25) is 0 Å². The number of benzene rings is 2. The largest absolute Gasteiger partial charge is 0.496 e. The van der Waals surface area contributed by atoms with Crippen molar-refractivity contribution >= 4 is 0 Å². The van der Waals surface area contributed by atoms with Crippen molar-refractivity contribution in [3.05, 3.63) is 52.1 Å². The van der Waals surface area contributed by atoms with Gasteiger partial charge in [0.1, 0.15) is 5.75 Å². The fraction of sp³-hybridized carbons (Fsp3) is 0.455. The van der Waals surface area contributed by atoms with E-state index in [4.69, 9.17) is 14.2 Å². The molecule has 0 unspecified atom stereocenters. The van der Waals surface area contributed by atoms with Gasteiger partial charge in [0.15, 0.2) is 11.5 Å². The Morgan fingerprint density at radius 3 is 2.23 bits per heavy atom. The van der Waals surface area contributed by atoms with E-state index in [9.17, 15) is 0 Å². The summed E-state index contributed by atoms with van der Waals surface area (Å²) in [5, 5.41) is 3.68. The van der Waals surface area contributed by atoms with E-state index in [0.29, 0.717) is 13.2 Å². The van der Waals surface area contributed by atoms with E-state index in [1.165, 1.54) is 22.3 Å². The minimum atomic E-state index is 0.151. The predicted octanol–water partition coefficient (Wildman–Crippen LogP) is 4.34. The van der Waals surface area contributed by atoms with E-state index in [1.807, 2.05) is 13.8 Å². The molecule has 0 spiro atoms. The summed E-state index contributed by atoms with van der Waals surface area (Å²) in [4.78, 5) is 0. The molecule has 140 valence electrons. The summed E-state index contributed by atoms with van der Waals surface area (Å²) in [6.07, 6.45) is 0.993. The van der Waals surface area contributed by atoms with Gasteiger partial charge in [-0.1, -0.05) is 6.07 Å². The maximum absolute atomic E-state index is 5.86. The molecule has 1 atom stereocenters. The molecule has 0 aliphatic carbocycles. The van der Waals surface area contributed by atoms with E-state index >= 15 is 0 Å². The number of hydrogen-bond acceptors (Lipinski definition) is 4. The first kappa shape index (κ1) is 18.6. The third kappa shape index (κ3) is 3.51. The molecule has 1 N–H and O–H groups in total. The monoisotopic (exact) mass is 355 g/mol. The second-order valence-corrected chi connectivity index (χ2v) is 6.68. The average molecular weight is 355 g/mol. The molecule has 0 amide bonds. The lowest BCUT2D eigenvalue weighted by atomic mass is 9.86. The Morgan fingerprint density at radius 1 is 0.885 bits per heavy atom. The highest BCUT2D eigenvalue weighted by Gasteiger charge is 2.25. The first-order valence-corrected chi connectivity index (χ1v) is 9.39. The molecule has 3 rings (SSSR count). The van der Waals surface area contributed by atoms with Gasteiger partial charge in [0.2, 0.25) is 0 Å². The molecule has 0 radical (unpaired) electrons. The SMILES string of the molecule is CCOc1cc2c(cc1OCC)[C@H](c1cc(C)c(OC)cc1C)NCC2. The summed E-state index contributed by atoms with van der Waals surface area (Å²) in [6, 6.07) is 8.82. The standard InChI is InChI=1S/C22H29NO3/c1-6-25-20-12-16-8-9-23-22(18(16)13-21(20)26-7-2)17-10-15(4)19(24-5)11-14(17)3/h10-13,22-23H,6-9H2,1-5H3/t22-/m0/s1. The maximum Gasteiger partial charge on any atom is 0.161 e. The molecular formula is C22H29NO3. The number of fused-ring (bicyclic) bond motifs is 1. The van der Waals surface area contributed by atoms with E-state index in [1.54, 1.807) is 7.11 Å². The lowest BCUT2D eigenvalue weighted by molar-refractivity contribution is 0.286. The van der Waals surface area contributed by atoms with Gasteiger partial charge in [0.05, 0.1) is 26.4 Å². The Labute approximate surface area is 156 Å². The Bertz CT molecular complexity index is 785. The second-order valence-electron chi connectivity index (χ2n) is 6.68. The van der Waals surface area contributed by atoms with Crippen molar-refractivity contribution in [2.45, 2.75) is 40.2 Å². The first-order chi connectivity index (χ1) is 12.6. The number of ether oxygens (including phenoxy) is 3. The van der Waals surface area contributed by atoms with Gasteiger partial charge in [-0.15, -0.1) is 0 Å². The third-order valence-corrected chi connectivity index (χ3v) is 4.95. The van der Waals surface area contributed by atoms with Crippen molar-refractivity contribution < 1.29 is 14.2 Å². The van der Waals surface area contributed by atoms with Gasteiger partial charge >= 0.3 is 0 Å². The topological polar surface area (TPSA) is 39.7 Å². The Balaban J connectivity index is 2.08. The Hall–Kier alpha value is -2.20. The fourth-order valence-electron chi connectivity index (χ4n) is 3.72. The summed E-state index contributed by atoms with van der Waals surface area (Å²) in [5.41, 5.74) is 6.27. The molecule has 4 nitrogen and oxygen atoms in total. The highest BCUT2D eigenvalue weighted by molar-refractivity contribution is 5.53. The van der Waals surface area contributed by atoms with Crippen LogP contribution < -0.4 is 19.5 Å². The molecule has 2 aromatic rings. The summed E-state index contributed by atoms with van der Waals surface area (Å²) < 4.78 is 17.1. The van der Waals surface area contributed by atoms with Crippen molar-refractivity contribution in [3.63, 3.8) is 0 Å². The van der Waals surface area contributed by atoms with Crippen LogP contribution in [0.5, 0.6) is 17.2 Å². The molecule has 0 bridgehead atoms. The van der Waals surface area contributed by atoms with E-state index < -0.39 is 0 Å². The number of aryl methyl sites for hydroxylation is 2. The van der Waals surface area contributed by atoms with Crippen molar-refractivity contribution in [1.29, 1.82) is 0 Å². The normalized spacial score (nSPS) is 16.1. The van der Waals surface area contributed by atoms with Crippen LogP contribution in [-0.4, -0.2) is 26.9 Å². The molecule has 26 heavy (non-hydrogen) atoms. The van der Waals surface area contributed by atoms with Gasteiger partial charge in [0, 0.05) is 6.54 Å². The van der Waals surface area contributed by atoms with E-state index in [2.05, 4.69) is 43.4 Å². The molecule has 2 aromatic carbocycles. The minimum absolute atomic E-state index is 0.151. The van der Waals surface area contributed by atoms with Gasteiger partial charge in [0.25, 0.3) is 0 Å². The van der Waals surface area contributed by atoms with Crippen LogP contribution in [0.15, 0.2) is 24.3 Å². The number of methoxy groups -OCH3 is 1. The smallest absolute Gasteiger partial charge is 0.161 e. The van der Waals surface area contributed by atoms with Crippen molar-refractivity contribution in [2.75, 3.05) is 26.9 Å². The number of hydrogen-bond donors (Lipinski definition) is 1. The summed E-state index contributed by atoms with van der Waals surface area (Å²) >= 11 is 0. The van der Waals surface area contributed by atoms with E-state index in [-0.39, 0.29) is 6.04 Å². The lowest BCUT2D eigenvalue weighted by Crippen LogP contribution is -2.31. The quantitative estimate of drug-likeness (QED) is 0.836. The van der Waals surface area contributed by atoms with Crippen molar-refractivity contribution in [3.8, 4) is 17.2 Å². The van der Waals surface area contributed by atoms with Crippen LogP contribution in [-0.2, 0) is 6.42 Å². The highest BCUT2D eigenvalue weighted by Crippen LogP contribution is 2.39. The molecule has 0 saturated heterocycles.